The molecule has 0 aromatic carbocycles. The van der Waals surface area contributed by atoms with E-state index >= 15 is 0 Å². The Kier molecular flexibility index (Phi) is 3.97. The van der Waals surface area contributed by atoms with Crippen molar-refractivity contribution in [1.29, 1.82) is 0 Å². The van der Waals surface area contributed by atoms with Crippen molar-refractivity contribution in [2.75, 3.05) is 11.9 Å². The van der Waals surface area contributed by atoms with E-state index in [-0.39, 0.29) is 5.54 Å². The maximum atomic E-state index is 4.73. The first kappa shape index (κ1) is 13.8. The van der Waals surface area contributed by atoms with E-state index in [2.05, 4.69) is 50.3 Å². The van der Waals surface area contributed by atoms with Crippen molar-refractivity contribution in [2.24, 2.45) is 5.92 Å². The van der Waals surface area contributed by atoms with Crippen LogP contribution >= 0.6 is 11.3 Å². The Morgan fingerprint density at radius 3 is 2.72 bits per heavy atom. The number of aromatic nitrogens is 1. The minimum atomic E-state index is 0.150. The maximum absolute atomic E-state index is 4.73. The summed E-state index contributed by atoms with van der Waals surface area (Å²) in [5, 5.41) is 6.80. The Morgan fingerprint density at radius 2 is 2.17 bits per heavy atom. The molecule has 1 fully saturated rings. The molecule has 1 unspecified atom stereocenters. The molecule has 0 spiro atoms. The molecule has 1 aromatic heterocycles. The summed E-state index contributed by atoms with van der Waals surface area (Å²) in [5.74, 6) is 0.884. The average molecular weight is 267 g/mol. The Morgan fingerprint density at radius 1 is 1.50 bits per heavy atom. The van der Waals surface area contributed by atoms with E-state index in [1.165, 1.54) is 12.8 Å². The topological polar surface area (TPSA) is 28.2 Å². The van der Waals surface area contributed by atoms with Gasteiger partial charge in [0.05, 0.1) is 5.69 Å². The molecule has 1 atom stereocenters. The van der Waals surface area contributed by atoms with E-state index in [9.17, 15) is 0 Å². The molecule has 0 bridgehead atoms. The Hall–Kier alpha value is -0.610. The van der Waals surface area contributed by atoms with E-state index in [1.54, 1.807) is 11.3 Å². The first-order valence-electron chi connectivity index (χ1n) is 6.79. The summed E-state index contributed by atoms with van der Waals surface area (Å²) in [5.41, 5.74) is 1.30. The second kappa shape index (κ2) is 5.17. The normalized spacial score (nSPS) is 17.8. The lowest BCUT2D eigenvalue weighted by atomic mass is 10.1. The molecular formula is C14H25N3S. The highest BCUT2D eigenvalue weighted by Gasteiger charge is 2.31. The predicted octanol–water partition coefficient (Wildman–Crippen LogP) is 3.27. The third-order valence-electron chi connectivity index (χ3n) is 3.56. The molecule has 0 radical (unpaired) electrons. The highest BCUT2D eigenvalue weighted by molar-refractivity contribution is 7.13. The lowest BCUT2D eigenvalue weighted by Crippen LogP contribution is -2.35. The van der Waals surface area contributed by atoms with Crippen LogP contribution in [0.15, 0.2) is 5.38 Å². The zero-order chi connectivity index (χ0) is 13.3. The third-order valence-corrected chi connectivity index (χ3v) is 4.54. The summed E-state index contributed by atoms with van der Waals surface area (Å²) in [4.78, 5) is 7.06. The van der Waals surface area contributed by atoms with Crippen molar-refractivity contribution in [3.8, 4) is 0 Å². The van der Waals surface area contributed by atoms with Gasteiger partial charge in [-0.2, -0.15) is 0 Å². The van der Waals surface area contributed by atoms with Crippen LogP contribution in [0.5, 0.6) is 0 Å². The summed E-state index contributed by atoms with van der Waals surface area (Å²) >= 11 is 1.76. The predicted molar refractivity (Wildman–Crippen MR) is 79.3 cm³/mol. The quantitative estimate of drug-likeness (QED) is 0.887. The Bertz CT molecular complexity index is 390. The van der Waals surface area contributed by atoms with E-state index in [0.29, 0.717) is 6.04 Å². The molecule has 4 heteroatoms. The monoisotopic (exact) mass is 267 g/mol. The van der Waals surface area contributed by atoms with Gasteiger partial charge < -0.3 is 10.2 Å². The van der Waals surface area contributed by atoms with Crippen LogP contribution < -0.4 is 10.2 Å². The zero-order valence-electron chi connectivity index (χ0n) is 12.2. The molecule has 1 N–H and O–H groups in total. The van der Waals surface area contributed by atoms with Crippen molar-refractivity contribution < 1.29 is 0 Å². The fourth-order valence-corrected chi connectivity index (χ4v) is 2.84. The molecule has 3 nitrogen and oxygen atoms in total. The van der Waals surface area contributed by atoms with Crippen LogP contribution in [0.2, 0.25) is 0 Å². The number of nitrogens with one attached hydrogen (secondary N) is 1. The number of anilines is 1. The first-order chi connectivity index (χ1) is 8.37. The average Bonchev–Trinajstić information content (AvgIpc) is 3.02. The fourth-order valence-electron chi connectivity index (χ4n) is 1.96. The van der Waals surface area contributed by atoms with Gasteiger partial charge in [-0.15, -0.1) is 11.3 Å². The number of rotatable bonds is 5. The highest BCUT2D eigenvalue weighted by Crippen LogP contribution is 2.36. The van der Waals surface area contributed by atoms with E-state index in [1.807, 2.05) is 0 Å². The minimum Gasteiger partial charge on any atom is -0.348 e. The van der Waals surface area contributed by atoms with Crippen LogP contribution in [-0.4, -0.2) is 23.6 Å². The molecule has 102 valence electrons. The molecule has 1 heterocycles. The second-order valence-corrected chi connectivity index (χ2v) is 7.25. The minimum absolute atomic E-state index is 0.150. The number of hydrogen-bond acceptors (Lipinski definition) is 4. The first-order valence-corrected chi connectivity index (χ1v) is 7.67. The third kappa shape index (κ3) is 3.69. The number of thiazole rings is 1. The lowest BCUT2D eigenvalue weighted by molar-refractivity contribution is 0.422. The lowest BCUT2D eigenvalue weighted by Gasteiger charge is -2.24. The summed E-state index contributed by atoms with van der Waals surface area (Å²) in [6.45, 7) is 9.71. The van der Waals surface area contributed by atoms with Crippen molar-refractivity contribution in [3.63, 3.8) is 0 Å². The van der Waals surface area contributed by atoms with Gasteiger partial charge in [0, 0.05) is 30.6 Å². The zero-order valence-corrected chi connectivity index (χ0v) is 13.0. The Labute approximate surface area is 115 Å². The van der Waals surface area contributed by atoms with Gasteiger partial charge in [-0.25, -0.2) is 4.98 Å². The second-order valence-electron chi connectivity index (χ2n) is 6.41. The van der Waals surface area contributed by atoms with Crippen molar-refractivity contribution in [2.45, 2.75) is 58.7 Å². The van der Waals surface area contributed by atoms with E-state index in [0.717, 1.165) is 23.3 Å². The standard InChI is InChI=1S/C14H25N3S/c1-10(11-6-7-11)17(5)13-16-12(9-18-13)8-15-14(2,3)4/h9-11,15H,6-8H2,1-5H3. The van der Waals surface area contributed by atoms with Gasteiger partial charge in [0.2, 0.25) is 0 Å². The largest absolute Gasteiger partial charge is 0.348 e. The summed E-state index contributed by atoms with van der Waals surface area (Å²) in [7, 11) is 2.17. The van der Waals surface area contributed by atoms with Crippen LogP contribution in [0.25, 0.3) is 0 Å². The van der Waals surface area contributed by atoms with Gasteiger partial charge in [-0.3, -0.25) is 0 Å². The van der Waals surface area contributed by atoms with Crippen molar-refractivity contribution in [3.05, 3.63) is 11.1 Å². The fraction of sp³-hybridized carbons (Fsp3) is 0.786. The van der Waals surface area contributed by atoms with Gasteiger partial charge in [-0.1, -0.05) is 0 Å². The molecule has 1 aliphatic carbocycles. The highest BCUT2D eigenvalue weighted by atomic mass is 32.1. The molecule has 0 saturated heterocycles. The molecular weight excluding hydrogens is 242 g/mol. The van der Waals surface area contributed by atoms with Crippen LogP contribution in [0.1, 0.15) is 46.2 Å². The number of hydrogen-bond donors (Lipinski definition) is 1. The van der Waals surface area contributed by atoms with E-state index < -0.39 is 0 Å². The SMILES string of the molecule is CC(C1CC1)N(C)c1nc(CNC(C)(C)C)cs1. The van der Waals surface area contributed by atoms with Gasteiger partial charge in [0.1, 0.15) is 0 Å². The smallest absolute Gasteiger partial charge is 0.185 e. The molecule has 18 heavy (non-hydrogen) atoms. The van der Waals surface area contributed by atoms with E-state index in [4.69, 9.17) is 4.98 Å². The summed E-state index contributed by atoms with van der Waals surface area (Å²) in [6.07, 6.45) is 2.77. The van der Waals surface area contributed by atoms with Crippen molar-refractivity contribution >= 4 is 16.5 Å². The molecule has 2 rings (SSSR count). The summed E-state index contributed by atoms with van der Waals surface area (Å²) in [6, 6.07) is 0.625. The molecule has 0 amide bonds. The van der Waals surface area contributed by atoms with Gasteiger partial charge in [-0.05, 0) is 46.5 Å². The van der Waals surface area contributed by atoms with Gasteiger partial charge in [0.15, 0.2) is 5.13 Å². The van der Waals surface area contributed by atoms with Gasteiger partial charge >= 0.3 is 0 Å². The van der Waals surface area contributed by atoms with Crippen LogP contribution in [-0.2, 0) is 6.54 Å². The molecule has 1 aromatic rings. The number of nitrogens with zero attached hydrogens (tertiary/aromatic N) is 2. The van der Waals surface area contributed by atoms with Crippen molar-refractivity contribution in [1.82, 2.24) is 10.3 Å². The van der Waals surface area contributed by atoms with Crippen LogP contribution in [0.4, 0.5) is 5.13 Å². The van der Waals surface area contributed by atoms with Crippen LogP contribution in [0, 0.1) is 5.92 Å². The molecule has 0 aliphatic heterocycles. The van der Waals surface area contributed by atoms with Crippen LogP contribution in [0.3, 0.4) is 0 Å². The van der Waals surface area contributed by atoms with Gasteiger partial charge in [0.25, 0.3) is 0 Å². The molecule has 1 saturated carbocycles. The maximum Gasteiger partial charge on any atom is 0.185 e. The molecule has 1 aliphatic rings. The Balaban J connectivity index is 1.92. The summed E-state index contributed by atoms with van der Waals surface area (Å²) < 4.78 is 0.